The highest BCUT2D eigenvalue weighted by Gasteiger charge is 2.39. The van der Waals surface area contributed by atoms with Crippen molar-refractivity contribution in [3.05, 3.63) is 59.7 Å². The van der Waals surface area contributed by atoms with Crippen LogP contribution in [0.2, 0.25) is 0 Å². The smallest absolute Gasteiger partial charge is 0.420 e. The van der Waals surface area contributed by atoms with Gasteiger partial charge in [-0.25, -0.2) is 9.18 Å². The SMILES string of the molecule is CC[C@@H](C(=O)NC(CC(=O)O)C(=O)CF)[N+]1=CCc2ccc(-c3ccccc3)cc2C1=O. The summed E-state index contributed by atoms with van der Waals surface area (Å²) in [4.78, 5) is 48.8. The second kappa shape index (κ2) is 10.1. The van der Waals surface area contributed by atoms with E-state index >= 15 is 0 Å². The molecule has 2 aromatic rings. The van der Waals surface area contributed by atoms with E-state index in [-0.39, 0.29) is 12.3 Å². The van der Waals surface area contributed by atoms with Gasteiger partial charge in [-0.05, 0) is 22.8 Å². The fraction of sp³-hybridized carbons (Fsp3) is 0.292. The van der Waals surface area contributed by atoms with Crippen molar-refractivity contribution in [1.29, 1.82) is 0 Å². The number of carboxylic acid groups (broad SMARTS) is 1. The molecule has 2 aromatic carbocycles. The molecule has 0 spiro atoms. The lowest BCUT2D eigenvalue weighted by Crippen LogP contribution is -2.51. The number of Topliss-reactive ketones (excluding diaryl/α,β-unsaturated/α-hetero) is 1. The highest BCUT2D eigenvalue weighted by Crippen LogP contribution is 2.25. The number of alkyl halides is 1. The van der Waals surface area contributed by atoms with Crippen LogP contribution in [0.25, 0.3) is 11.1 Å². The van der Waals surface area contributed by atoms with Crippen LogP contribution in [0.5, 0.6) is 0 Å². The molecule has 166 valence electrons. The maximum atomic E-state index is 13.3. The maximum Gasteiger partial charge on any atom is 0.420 e. The summed E-state index contributed by atoms with van der Waals surface area (Å²) >= 11 is 0. The molecule has 8 heteroatoms. The minimum absolute atomic E-state index is 0.228. The summed E-state index contributed by atoms with van der Waals surface area (Å²) in [5, 5.41) is 11.3. The Morgan fingerprint density at radius 3 is 2.47 bits per heavy atom. The number of benzene rings is 2. The van der Waals surface area contributed by atoms with Gasteiger partial charge in [0.05, 0.1) is 18.4 Å². The lowest BCUT2D eigenvalue weighted by molar-refractivity contribution is -0.456. The topological polar surface area (TPSA) is 104 Å². The Morgan fingerprint density at radius 1 is 1.12 bits per heavy atom. The summed E-state index contributed by atoms with van der Waals surface area (Å²) < 4.78 is 14.1. The van der Waals surface area contributed by atoms with E-state index in [0.29, 0.717) is 12.0 Å². The molecule has 0 radical (unpaired) electrons. The zero-order chi connectivity index (χ0) is 23.3. The third-order valence-corrected chi connectivity index (χ3v) is 5.43. The molecule has 0 saturated heterocycles. The molecule has 7 nitrogen and oxygen atoms in total. The van der Waals surface area contributed by atoms with E-state index in [0.717, 1.165) is 16.7 Å². The summed E-state index contributed by atoms with van der Waals surface area (Å²) in [5.41, 5.74) is 3.13. The van der Waals surface area contributed by atoms with E-state index in [9.17, 15) is 23.6 Å². The Morgan fingerprint density at radius 2 is 1.84 bits per heavy atom. The number of carbonyl (C=O) groups is 4. The number of aliphatic carboxylic acids is 1. The lowest BCUT2D eigenvalue weighted by atomic mass is 9.94. The Labute approximate surface area is 184 Å². The fourth-order valence-corrected chi connectivity index (χ4v) is 3.74. The monoisotopic (exact) mass is 439 g/mol. The van der Waals surface area contributed by atoms with Crippen molar-refractivity contribution >= 4 is 29.8 Å². The molecule has 0 saturated carbocycles. The van der Waals surface area contributed by atoms with E-state index in [1.165, 1.54) is 4.58 Å². The van der Waals surface area contributed by atoms with Gasteiger partial charge in [0, 0.05) is 6.42 Å². The van der Waals surface area contributed by atoms with Crippen LogP contribution >= 0.6 is 0 Å². The predicted octanol–water partition coefficient (Wildman–Crippen LogP) is 2.41. The molecule has 2 N–H and O–H groups in total. The maximum absolute atomic E-state index is 13.3. The Kier molecular flexibility index (Phi) is 7.25. The molecule has 2 amide bonds. The fourth-order valence-electron chi connectivity index (χ4n) is 3.74. The van der Waals surface area contributed by atoms with Crippen molar-refractivity contribution in [1.82, 2.24) is 5.32 Å². The zero-order valence-corrected chi connectivity index (χ0v) is 17.6. The van der Waals surface area contributed by atoms with Gasteiger partial charge in [0.2, 0.25) is 6.04 Å². The van der Waals surface area contributed by atoms with Crippen LogP contribution in [0.4, 0.5) is 4.39 Å². The number of carboxylic acids is 1. The first kappa shape index (κ1) is 23.0. The van der Waals surface area contributed by atoms with Gasteiger partial charge in [-0.2, -0.15) is 4.58 Å². The van der Waals surface area contributed by atoms with Gasteiger partial charge in [-0.3, -0.25) is 14.4 Å². The summed E-state index contributed by atoms with van der Waals surface area (Å²) in [5.74, 6) is -3.43. The van der Waals surface area contributed by atoms with Crippen molar-refractivity contribution in [2.75, 3.05) is 6.67 Å². The molecular formula is C24H24FN2O5+. The number of carbonyl (C=O) groups excluding carboxylic acids is 3. The van der Waals surface area contributed by atoms with Crippen LogP contribution in [0.1, 0.15) is 35.7 Å². The van der Waals surface area contributed by atoms with Crippen LogP contribution in [0.15, 0.2) is 48.5 Å². The zero-order valence-electron chi connectivity index (χ0n) is 17.6. The average Bonchev–Trinajstić information content (AvgIpc) is 2.80. The van der Waals surface area contributed by atoms with Crippen LogP contribution in [0.3, 0.4) is 0 Å². The van der Waals surface area contributed by atoms with Gasteiger partial charge in [0.15, 0.2) is 12.0 Å². The average molecular weight is 439 g/mol. The number of fused-ring (bicyclic) bond motifs is 1. The molecule has 1 aliphatic rings. The molecule has 2 atom stereocenters. The van der Waals surface area contributed by atoms with Crippen LogP contribution in [-0.4, -0.2) is 58.2 Å². The summed E-state index contributed by atoms with van der Waals surface area (Å²) in [7, 11) is 0. The van der Waals surface area contributed by atoms with E-state index in [1.54, 1.807) is 19.2 Å². The number of hydrogen-bond donors (Lipinski definition) is 2. The molecule has 3 rings (SSSR count). The molecular weight excluding hydrogens is 415 g/mol. The third-order valence-electron chi connectivity index (χ3n) is 5.43. The van der Waals surface area contributed by atoms with Crippen molar-refractivity contribution < 1.29 is 33.3 Å². The first-order chi connectivity index (χ1) is 15.3. The number of rotatable bonds is 9. The molecule has 0 fully saturated rings. The normalized spacial score (nSPS) is 14.7. The largest absolute Gasteiger partial charge is 0.481 e. The van der Waals surface area contributed by atoms with Gasteiger partial charge in [0.1, 0.15) is 12.7 Å². The quantitative estimate of drug-likeness (QED) is 0.584. The van der Waals surface area contributed by atoms with E-state index in [4.69, 9.17) is 5.11 Å². The Hall–Kier alpha value is -3.68. The summed E-state index contributed by atoms with van der Waals surface area (Å²) in [6.07, 6.45) is 1.54. The number of nitrogens with one attached hydrogen (secondary N) is 1. The number of hydrogen-bond acceptors (Lipinski definition) is 4. The molecule has 1 heterocycles. The Balaban J connectivity index is 1.85. The van der Waals surface area contributed by atoms with Gasteiger partial charge < -0.3 is 10.4 Å². The van der Waals surface area contributed by atoms with Gasteiger partial charge >= 0.3 is 11.9 Å². The number of ketones is 1. The van der Waals surface area contributed by atoms with E-state index in [2.05, 4.69) is 5.32 Å². The third kappa shape index (κ3) is 4.96. The lowest BCUT2D eigenvalue weighted by Gasteiger charge is -2.20. The second-order valence-electron chi connectivity index (χ2n) is 7.52. The highest BCUT2D eigenvalue weighted by molar-refractivity contribution is 5.99. The summed E-state index contributed by atoms with van der Waals surface area (Å²) in [6.45, 7) is 0.309. The minimum atomic E-state index is -1.49. The second-order valence-corrected chi connectivity index (χ2v) is 7.52. The molecule has 0 aliphatic carbocycles. The van der Waals surface area contributed by atoms with Crippen molar-refractivity contribution in [2.45, 2.75) is 38.3 Å². The molecule has 0 aromatic heterocycles. The summed E-state index contributed by atoms with van der Waals surface area (Å²) in [6, 6.07) is 12.7. The molecule has 1 unspecified atom stereocenters. The van der Waals surface area contributed by atoms with Crippen molar-refractivity contribution in [3.8, 4) is 11.1 Å². The number of nitrogens with zero attached hydrogens (tertiary/aromatic N) is 1. The first-order valence-corrected chi connectivity index (χ1v) is 10.3. The standard InChI is InChI=1S/C24H23FN2O5/c1-2-20(23(31)26-19(13-22(29)30)21(28)14-25)27-11-10-16-8-9-17(12-18(16)24(27)32)15-6-4-3-5-7-15/h3-9,11-12,19-20H,2,10,13-14H2,1H3,(H-,26,29,30,31)/p+1/t19?,20-/m0/s1. The number of halogens is 1. The highest BCUT2D eigenvalue weighted by atomic mass is 19.1. The van der Waals surface area contributed by atoms with Gasteiger partial charge in [-0.15, -0.1) is 0 Å². The van der Waals surface area contributed by atoms with E-state index < -0.39 is 42.8 Å². The van der Waals surface area contributed by atoms with Gasteiger partial charge in [-0.1, -0.05) is 49.4 Å². The van der Waals surface area contributed by atoms with Crippen molar-refractivity contribution in [2.24, 2.45) is 0 Å². The first-order valence-electron chi connectivity index (χ1n) is 10.3. The van der Waals surface area contributed by atoms with Crippen molar-refractivity contribution in [3.63, 3.8) is 0 Å². The predicted molar refractivity (Wildman–Crippen MR) is 115 cm³/mol. The molecule has 32 heavy (non-hydrogen) atoms. The van der Waals surface area contributed by atoms with Crippen LogP contribution in [-0.2, 0) is 20.8 Å². The molecule has 1 aliphatic heterocycles. The van der Waals surface area contributed by atoms with Crippen LogP contribution < -0.4 is 5.32 Å². The number of amides is 2. The van der Waals surface area contributed by atoms with Crippen LogP contribution in [0, 0.1) is 0 Å². The Bertz CT molecular complexity index is 1080. The van der Waals surface area contributed by atoms with Gasteiger partial charge in [0.25, 0.3) is 5.91 Å². The van der Waals surface area contributed by atoms with E-state index in [1.807, 2.05) is 42.5 Å². The minimum Gasteiger partial charge on any atom is -0.481 e. The molecule has 0 bridgehead atoms.